The lowest BCUT2D eigenvalue weighted by atomic mass is 10.0. The molecule has 2 aromatic rings. The predicted octanol–water partition coefficient (Wildman–Crippen LogP) is 3.76. The van der Waals surface area contributed by atoms with Gasteiger partial charge in [-0.3, -0.25) is 9.59 Å². The van der Waals surface area contributed by atoms with Gasteiger partial charge in [0.15, 0.2) is 17.3 Å². The Labute approximate surface area is 156 Å². The molecular weight excluding hydrogens is 383 g/mol. The van der Waals surface area contributed by atoms with Crippen molar-refractivity contribution in [2.45, 2.75) is 12.2 Å². The molecule has 0 bridgehead atoms. The zero-order valence-corrected chi connectivity index (χ0v) is 15.0. The minimum atomic E-state index is -5.07. The molecule has 0 spiro atoms. The number of ketones is 1. The van der Waals surface area contributed by atoms with Crippen LogP contribution in [0.3, 0.4) is 0 Å². The van der Waals surface area contributed by atoms with Crippen molar-refractivity contribution in [3.05, 3.63) is 51.2 Å². The highest BCUT2D eigenvalue weighted by atomic mass is 32.1. The van der Waals surface area contributed by atoms with E-state index in [0.717, 1.165) is 0 Å². The van der Waals surface area contributed by atoms with Crippen LogP contribution in [0.5, 0.6) is 11.5 Å². The number of carbonyl (C=O) groups is 2. The number of hydrogen-bond acceptors (Lipinski definition) is 5. The van der Waals surface area contributed by atoms with E-state index in [9.17, 15) is 22.8 Å². The molecule has 27 heavy (non-hydrogen) atoms. The molecule has 0 fully saturated rings. The van der Waals surface area contributed by atoms with Crippen molar-refractivity contribution in [1.29, 1.82) is 0 Å². The van der Waals surface area contributed by atoms with E-state index in [1.165, 1.54) is 43.8 Å². The van der Waals surface area contributed by atoms with Gasteiger partial charge in [0.1, 0.15) is 0 Å². The quantitative estimate of drug-likeness (QED) is 0.798. The molecule has 1 amide bonds. The largest absolute Gasteiger partial charge is 0.493 e. The number of hydrogen-bond donors (Lipinski definition) is 1. The second kappa shape index (κ2) is 7.07. The summed E-state index contributed by atoms with van der Waals surface area (Å²) in [4.78, 5) is 25.1. The van der Waals surface area contributed by atoms with Gasteiger partial charge < -0.3 is 14.8 Å². The maximum atomic E-state index is 12.8. The Morgan fingerprint density at radius 2 is 1.89 bits per heavy atom. The summed E-state index contributed by atoms with van der Waals surface area (Å²) in [6, 6.07) is 5.03. The summed E-state index contributed by atoms with van der Waals surface area (Å²) >= 11 is 1.32. The van der Waals surface area contributed by atoms with Crippen LogP contribution in [0, 0.1) is 0 Å². The molecule has 1 aromatic carbocycles. The lowest BCUT2D eigenvalue weighted by Gasteiger charge is -2.17. The third kappa shape index (κ3) is 3.55. The molecule has 1 heterocycles. The third-order valence-electron chi connectivity index (χ3n) is 4.06. The first kappa shape index (κ1) is 19.0. The normalized spacial score (nSPS) is 17.7. The van der Waals surface area contributed by atoms with E-state index < -0.39 is 23.9 Å². The number of amides is 1. The summed E-state index contributed by atoms with van der Waals surface area (Å²) in [6.07, 6.45) is -3.59. The zero-order valence-electron chi connectivity index (χ0n) is 14.2. The molecule has 1 aromatic heterocycles. The molecule has 3 rings (SSSR count). The topological polar surface area (TPSA) is 64.6 Å². The first-order valence-corrected chi connectivity index (χ1v) is 8.57. The Kier molecular flexibility index (Phi) is 4.97. The number of halogens is 3. The van der Waals surface area contributed by atoms with Crippen LogP contribution >= 0.6 is 11.3 Å². The standard InChI is InChI=1S/C18H14F3NO4S/c1-25-13-7-10-11(8-14(13)26-2)16(23)12(6-9-4-3-5-27-9)15(10)22-17(24)18(19,20)21/h3-8,15H,1-2H3,(H,22,24)/b12-6+/t15-/m0/s1. The van der Waals surface area contributed by atoms with Gasteiger partial charge in [-0.2, -0.15) is 13.2 Å². The highest BCUT2D eigenvalue weighted by molar-refractivity contribution is 7.10. The van der Waals surface area contributed by atoms with Crippen molar-refractivity contribution in [1.82, 2.24) is 5.32 Å². The molecule has 0 radical (unpaired) electrons. The van der Waals surface area contributed by atoms with Crippen molar-refractivity contribution < 1.29 is 32.2 Å². The number of thiophene rings is 1. The van der Waals surface area contributed by atoms with Gasteiger partial charge in [0.05, 0.1) is 20.3 Å². The summed E-state index contributed by atoms with van der Waals surface area (Å²) in [6.45, 7) is 0. The van der Waals surface area contributed by atoms with E-state index in [2.05, 4.69) is 0 Å². The summed E-state index contributed by atoms with van der Waals surface area (Å²) in [7, 11) is 2.75. The predicted molar refractivity (Wildman–Crippen MR) is 93.1 cm³/mol. The lowest BCUT2D eigenvalue weighted by Crippen LogP contribution is -2.39. The van der Waals surface area contributed by atoms with Crippen LogP contribution in [0.4, 0.5) is 13.2 Å². The Morgan fingerprint density at radius 1 is 1.22 bits per heavy atom. The van der Waals surface area contributed by atoms with E-state index in [1.807, 2.05) is 5.32 Å². The fraction of sp³-hybridized carbons (Fsp3) is 0.222. The summed E-state index contributed by atoms with van der Waals surface area (Å²) in [5.74, 6) is -2.10. The van der Waals surface area contributed by atoms with Gasteiger partial charge in [-0.25, -0.2) is 0 Å². The molecule has 1 aliphatic rings. The maximum Gasteiger partial charge on any atom is 0.471 e. The molecule has 0 unspecified atom stereocenters. The zero-order chi connectivity index (χ0) is 19.8. The number of nitrogens with one attached hydrogen (secondary N) is 1. The first-order chi connectivity index (χ1) is 12.8. The van der Waals surface area contributed by atoms with Gasteiger partial charge in [-0.1, -0.05) is 6.07 Å². The van der Waals surface area contributed by atoms with E-state index in [0.29, 0.717) is 4.88 Å². The second-order valence-corrected chi connectivity index (χ2v) is 6.62. The Morgan fingerprint density at radius 3 is 2.44 bits per heavy atom. The summed E-state index contributed by atoms with van der Waals surface area (Å²) in [5, 5.41) is 3.68. The molecule has 1 aliphatic carbocycles. The number of ether oxygens (including phenoxy) is 2. The van der Waals surface area contributed by atoms with Crippen LogP contribution in [0.2, 0.25) is 0 Å². The average molecular weight is 397 g/mol. The van der Waals surface area contributed by atoms with Gasteiger partial charge in [0.25, 0.3) is 0 Å². The van der Waals surface area contributed by atoms with Gasteiger partial charge in [0.2, 0.25) is 0 Å². The van der Waals surface area contributed by atoms with Crippen LogP contribution in [0.25, 0.3) is 6.08 Å². The third-order valence-corrected chi connectivity index (χ3v) is 4.88. The first-order valence-electron chi connectivity index (χ1n) is 7.69. The molecule has 0 saturated heterocycles. The van der Waals surface area contributed by atoms with Crippen LogP contribution in [-0.2, 0) is 4.79 Å². The van der Waals surface area contributed by atoms with Crippen molar-refractivity contribution >= 4 is 29.1 Å². The monoisotopic (exact) mass is 397 g/mol. The Hall–Kier alpha value is -2.81. The number of Topliss-reactive ketones (excluding diaryl/α,β-unsaturated/α-hetero) is 1. The summed E-state index contributed by atoms with van der Waals surface area (Å²) in [5.41, 5.74) is 0.418. The van der Waals surface area contributed by atoms with E-state index >= 15 is 0 Å². The van der Waals surface area contributed by atoms with E-state index in [4.69, 9.17) is 9.47 Å². The van der Waals surface area contributed by atoms with Gasteiger partial charge in [-0.15, -0.1) is 11.3 Å². The van der Waals surface area contributed by atoms with Crippen molar-refractivity contribution in [3.8, 4) is 11.5 Å². The molecule has 0 saturated carbocycles. The number of alkyl halides is 3. The minimum Gasteiger partial charge on any atom is -0.493 e. The smallest absolute Gasteiger partial charge is 0.471 e. The summed E-state index contributed by atoms with van der Waals surface area (Å²) < 4.78 is 48.7. The fourth-order valence-electron chi connectivity index (χ4n) is 2.83. The number of benzene rings is 1. The molecule has 0 aliphatic heterocycles. The maximum absolute atomic E-state index is 12.8. The van der Waals surface area contributed by atoms with Gasteiger partial charge in [-0.05, 0) is 35.2 Å². The van der Waals surface area contributed by atoms with Crippen LogP contribution in [0.1, 0.15) is 26.8 Å². The molecular formula is C18H14F3NO4S. The van der Waals surface area contributed by atoms with Crippen LogP contribution in [-0.4, -0.2) is 32.1 Å². The highest BCUT2D eigenvalue weighted by Crippen LogP contribution is 2.43. The SMILES string of the molecule is COc1cc2c(cc1OC)[C@H](NC(=O)C(F)(F)F)/C(=C\c1cccs1)C2=O. The molecule has 9 heteroatoms. The number of carbonyl (C=O) groups excluding carboxylic acids is 2. The second-order valence-electron chi connectivity index (χ2n) is 5.64. The van der Waals surface area contributed by atoms with Crippen molar-refractivity contribution in [3.63, 3.8) is 0 Å². The molecule has 1 atom stereocenters. The number of methoxy groups -OCH3 is 2. The lowest BCUT2D eigenvalue weighted by molar-refractivity contribution is -0.174. The number of fused-ring (bicyclic) bond motifs is 1. The van der Waals surface area contributed by atoms with Crippen molar-refractivity contribution in [2.75, 3.05) is 14.2 Å². The molecule has 142 valence electrons. The van der Waals surface area contributed by atoms with Crippen LogP contribution in [0.15, 0.2) is 35.2 Å². The van der Waals surface area contributed by atoms with Gasteiger partial charge in [0, 0.05) is 16.0 Å². The fourth-order valence-corrected chi connectivity index (χ4v) is 3.49. The molecule has 1 N–H and O–H groups in total. The van der Waals surface area contributed by atoms with Gasteiger partial charge >= 0.3 is 12.1 Å². The Bertz CT molecular complexity index is 919. The molecule has 5 nitrogen and oxygen atoms in total. The number of rotatable bonds is 4. The van der Waals surface area contributed by atoms with Crippen LogP contribution < -0.4 is 14.8 Å². The van der Waals surface area contributed by atoms with Crippen molar-refractivity contribution in [2.24, 2.45) is 0 Å². The highest BCUT2D eigenvalue weighted by Gasteiger charge is 2.44. The van der Waals surface area contributed by atoms with E-state index in [1.54, 1.807) is 17.5 Å². The minimum absolute atomic E-state index is 0.0420. The van der Waals surface area contributed by atoms with E-state index in [-0.39, 0.29) is 28.2 Å². The Balaban J connectivity index is 2.13. The average Bonchev–Trinajstić information content (AvgIpc) is 3.22.